The third kappa shape index (κ3) is 1.87. The second-order valence-corrected chi connectivity index (χ2v) is 5.32. The highest BCUT2D eigenvalue weighted by Crippen LogP contribution is 2.37. The number of aromatic nitrogens is 2. The Kier molecular flexibility index (Phi) is 2.56. The van der Waals surface area contributed by atoms with Gasteiger partial charge in [-0.2, -0.15) is 5.10 Å². The molecular weight excluding hydrogens is 280 g/mol. The van der Waals surface area contributed by atoms with Crippen molar-refractivity contribution in [1.82, 2.24) is 9.78 Å². The van der Waals surface area contributed by atoms with Crippen molar-refractivity contribution < 1.29 is 15.0 Å². The number of phenolic OH excluding ortho intramolecular Hbond substituents is 1. The van der Waals surface area contributed by atoms with Gasteiger partial charge in [0, 0.05) is 23.7 Å². The maximum absolute atomic E-state index is 11.1. The summed E-state index contributed by atoms with van der Waals surface area (Å²) in [5.74, 6) is -0.701. The summed E-state index contributed by atoms with van der Waals surface area (Å²) in [5, 5.41) is 23.2. The first-order valence-corrected chi connectivity index (χ1v) is 6.86. The van der Waals surface area contributed by atoms with E-state index >= 15 is 0 Å². The fourth-order valence-corrected chi connectivity index (χ4v) is 2.84. The van der Waals surface area contributed by atoms with Crippen LogP contribution in [-0.2, 0) is 6.42 Å². The summed E-state index contributed by atoms with van der Waals surface area (Å²) in [6, 6.07) is 12.0. The standard InChI is InChI=1S/C17H12N2O3/c20-14-4-5-15-11(8-14)6-12-9-19(18-16(12)15)13-3-1-2-10(7-13)17(21)22/h1-5,7-9,20H,6H2,(H,21,22). The molecule has 4 rings (SSSR count). The number of hydrogen-bond donors (Lipinski definition) is 2. The van der Waals surface area contributed by atoms with Crippen LogP contribution in [0.2, 0.25) is 0 Å². The minimum atomic E-state index is -0.956. The number of fused-ring (bicyclic) bond motifs is 3. The minimum absolute atomic E-state index is 0.235. The molecule has 1 aliphatic rings. The number of phenols is 1. The van der Waals surface area contributed by atoms with Crippen molar-refractivity contribution in [1.29, 1.82) is 0 Å². The summed E-state index contributed by atoms with van der Waals surface area (Å²) < 4.78 is 1.70. The predicted molar refractivity (Wildman–Crippen MR) is 80.4 cm³/mol. The Hall–Kier alpha value is -3.08. The van der Waals surface area contributed by atoms with Crippen molar-refractivity contribution in [2.45, 2.75) is 6.42 Å². The van der Waals surface area contributed by atoms with Crippen LogP contribution in [-0.4, -0.2) is 26.0 Å². The van der Waals surface area contributed by atoms with Gasteiger partial charge in [-0.05, 0) is 42.0 Å². The highest BCUT2D eigenvalue weighted by atomic mass is 16.4. The van der Waals surface area contributed by atoms with Crippen molar-refractivity contribution in [3.8, 4) is 22.7 Å². The van der Waals surface area contributed by atoms with Gasteiger partial charge in [-0.25, -0.2) is 9.48 Å². The van der Waals surface area contributed by atoms with Crippen molar-refractivity contribution in [3.05, 3.63) is 65.4 Å². The van der Waals surface area contributed by atoms with Crippen LogP contribution in [0.1, 0.15) is 21.5 Å². The van der Waals surface area contributed by atoms with Crippen LogP contribution in [0.5, 0.6) is 5.75 Å². The summed E-state index contributed by atoms with van der Waals surface area (Å²) in [6.07, 6.45) is 2.63. The highest BCUT2D eigenvalue weighted by Gasteiger charge is 2.23. The molecule has 108 valence electrons. The molecule has 0 aliphatic heterocycles. The van der Waals surface area contributed by atoms with Gasteiger partial charge in [-0.3, -0.25) is 0 Å². The zero-order chi connectivity index (χ0) is 15.3. The summed E-state index contributed by atoms with van der Waals surface area (Å²) in [7, 11) is 0. The van der Waals surface area contributed by atoms with Gasteiger partial charge >= 0.3 is 5.97 Å². The lowest BCUT2D eigenvalue weighted by molar-refractivity contribution is 0.0697. The molecule has 0 saturated carbocycles. The van der Waals surface area contributed by atoms with Crippen molar-refractivity contribution in [3.63, 3.8) is 0 Å². The normalized spacial score (nSPS) is 12.0. The third-order valence-corrected chi connectivity index (χ3v) is 3.87. The maximum atomic E-state index is 11.1. The van der Waals surface area contributed by atoms with Crippen molar-refractivity contribution in [2.75, 3.05) is 0 Å². The summed E-state index contributed by atoms with van der Waals surface area (Å²) in [5.41, 5.74) is 4.98. The Morgan fingerprint density at radius 2 is 2.00 bits per heavy atom. The van der Waals surface area contributed by atoms with Gasteiger partial charge in [-0.15, -0.1) is 0 Å². The highest BCUT2D eigenvalue weighted by molar-refractivity contribution is 5.88. The number of carboxylic acid groups (broad SMARTS) is 1. The van der Waals surface area contributed by atoms with E-state index in [1.54, 1.807) is 35.0 Å². The molecule has 0 atom stereocenters. The first-order valence-electron chi connectivity index (χ1n) is 6.86. The number of carboxylic acids is 1. The van der Waals surface area contributed by atoms with E-state index in [2.05, 4.69) is 5.10 Å². The molecule has 1 aliphatic carbocycles. The minimum Gasteiger partial charge on any atom is -0.508 e. The molecule has 1 aromatic heterocycles. The van der Waals surface area contributed by atoms with E-state index in [0.29, 0.717) is 0 Å². The second kappa shape index (κ2) is 4.46. The summed E-state index contributed by atoms with van der Waals surface area (Å²) in [6.45, 7) is 0. The molecule has 3 aromatic rings. The predicted octanol–water partition coefficient (Wildman–Crippen LogP) is 2.85. The van der Waals surface area contributed by atoms with Gasteiger partial charge in [0.25, 0.3) is 0 Å². The Morgan fingerprint density at radius 1 is 1.14 bits per heavy atom. The fraction of sp³-hybridized carbons (Fsp3) is 0.0588. The van der Waals surface area contributed by atoms with E-state index in [1.807, 2.05) is 18.3 Å². The smallest absolute Gasteiger partial charge is 0.335 e. The van der Waals surface area contributed by atoms with Crippen LogP contribution >= 0.6 is 0 Å². The first kappa shape index (κ1) is 12.6. The van der Waals surface area contributed by atoms with Gasteiger partial charge in [-0.1, -0.05) is 6.07 Å². The third-order valence-electron chi connectivity index (χ3n) is 3.87. The molecule has 2 aromatic carbocycles. The molecule has 0 radical (unpaired) electrons. The lowest BCUT2D eigenvalue weighted by atomic mass is 10.1. The number of rotatable bonds is 2. The first-order chi connectivity index (χ1) is 10.6. The zero-order valence-electron chi connectivity index (χ0n) is 11.5. The van der Waals surface area contributed by atoms with E-state index < -0.39 is 5.97 Å². The number of benzene rings is 2. The molecule has 2 N–H and O–H groups in total. The Bertz CT molecular complexity index is 912. The number of nitrogens with zero attached hydrogens (tertiary/aromatic N) is 2. The lowest BCUT2D eigenvalue weighted by Gasteiger charge is -2.04. The van der Waals surface area contributed by atoms with E-state index in [1.165, 1.54) is 0 Å². The average Bonchev–Trinajstić information content (AvgIpc) is 3.04. The quantitative estimate of drug-likeness (QED) is 0.595. The molecule has 0 unspecified atom stereocenters. The van der Waals surface area contributed by atoms with Gasteiger partial charge in [0.05, 0.1) is 16.9 Å². The molecule has 0 fully saturated rings. The number of hydrogen-bond acceptors (Lipinski definition) is 3. The largest absolute Gasteiger partial charge is 0.508 e. The molecule has 0 amide bonds. The van der Waals surface area contributed by atoms with Crippen LogP contribution < -0.4 is 0 Å². The second-order valence-electron chi connectivity index (χ2n) is 5.32. The fourth-order valence-electron chi connectivity index (χ4n) is 2.84. The van der Waals surface area contributed by atoms with Crippen LogP contribution in [0.3, 0.4) is 0 Å². The van der Waals surface area contributed by atoms with Gasteiger partial charge in [0.15, 0.2) is 0 Å². The average molecular weight is 292 g/mol. The van der Waals surface area contributed by atoms with Gasteiger partial charge in [0.1, 0.15) is 5.75 Å². The van der Waals surface area contributed by atoms with Crippen LogP contribution in [0.15, 0.2) is 48.7 Å². The SMILES string of the molecule is O=C(O)c1cccc(-n2cc3c(n2)-c2ccc(O)cc2C3)c1. The maximum Gasteiger partial charge on any atom is 0.335 e. The number of aromatic hydroxyl groups is 1. The number of aromatic carboxylic acids is 1. The molecule has 22 heavy (non-hydrogen) atoms. The molecule has 0 spiro atoms. The molecule has 5 nitrogen and oxygen atoms in total. The Balaban J connectivity index is 1.79. The van der Waals surface area contributed by atoms with E-state index in [0.717, 1.165) is 34.5 Å². The van der Waals surface area contributed by atoms with E-state index in [4.69, 9.17) is 5.11 Å². The molecule has 0 bridgehead atoms. The molecule has 5 heteroatoms. The van der Waals surface area contributed by atoms with Crippen LogP contribution in [0.25, 0.3) is 16.9 Å². The summed E-state index contributed by atoms with van der Waals surface area (Å²) >= 11 is 0. The van der Waals surface area contributed by atoms with E-state index in [9.17, 15) is 9.90 Å². The molecular formula is C17H12N2O3. The lowest BCUT2D eigenvalue weighted by Crippen LogP contribution is -2.00. The van der Waals surface area contributed by atoms with Gasteiger partial charge in [0.2, 0.25) is 0 Å². The molecule has 1 heterocycles. The Labute approximate surface area is 126 Å². The monoisotopic (exact) mass is 292 g/mol. The number of carbonyl (C=O) groups is 1. The Morgan fingerprint density at radius 3 is 2.82 bits per heavy atom. The topological polar surface area (TPSA) is 75.3 Å². The van der Waals surface area contributed by atoms with Crippen molar-refractivity contribution in [2.24, 2.45) is 0 Å². The van der Waals surface area contributed by atoms with Crippen LogP contribution in [0.4, 0.5) is 0 Å². The van der Waals surface area contributed by atoms with Crippen LogP contribution in [0, 0.1) is 0 Å². The van der Waals surface area contributed by atoms with Crippen molar-refractivity contribution >= 4 is 5.97 Å². The molecule has 0 saturated heterocycles. The zero-order valence-corrected chi connectivity index (χ0v) is 11.5. The van der Waals surface area contributed by atoms with E-state index in [-0.39, 0.29) is 11.3 Å². The van der Waals surface area contributed by atoms with Gasteiger partial charge < -0.3 is 10.2 Å². The summed E-state index contributed by atoms with van der Waals surface area (Å²) in [4.78, 5) is 11.1.